The van der Waals surface area contributed by atoms with Crippen LogP contribution >= 0.6 is 0 Å². The number of nitrogens with one attached hydrogen (secondary N) is 2. The van der Waals surface area contributed by atoms with Gasteiger partial charge >= 0.3 is 0 Å². The number of aryl methyl sites for hydroxylation is 1. The second-order valence-electron chi connectivity index (χ2n) is 7.35. The number of carbonyl (C=O) groups excluding carboxylic acids is 1. The van der Waals surface area contributed by atoms with Gasteiger partial charge in [0.25, 0.3) is 5.69 Å². The lowest BCUT2D eigenvalue weighted by atomic mass is 10.2. The average molecular weight is 448 g/mol. The third-order valence-corrected chi connectivity index (χ3v) is 6.86. The van der Waals surface area contributed by atoms with Gasteiger partial charge in [0.2, 0.25) is 15.9 Å². The Bertz CT molecular complexity index is 1050. The summed E-state index contributed by atoms with van der Waals surface area (Å²) in [6, 6.07) is 7.31. The fourth-order valence-corrected chi connectivity index (χ4v) is 4.82. The summed E-state index contributed by atoms with van der Waals surface area (Å²) in [5.74, 6) is 0.129. The van der Waals surface area contributed by atoms with Crippen molar-refractivity contribution in [2.45, 2.75) is 37.5 Å². The molecule has 0 saturated carbocycles. The highest BCUT2D eigenvalue weighted by molar-refractivity contribution is 7.89. The van der Waals surface area contributed by atoms with Crippen LogP contribution in [-0.2, 0) is 14.8 Å². The van der Waals surface area contributed by atoms with Gasteiger partial charge in [0.05, 0.1) is 9.82 Å². The zero-order chi connectivity index (χ0) is 22.4. The second kappa shape index (κ2) is 9.84. The van der Waals surface area contributed by atoms with E-state index in [0.29, 0.717) is 18.9 Å². The van der Waals surface area contributed by atoms with Crippen molar-refractivity contribution in [1.82, 2.24) is 9.29 Å². The molecule has 2 heterocycles. The van der Waals surface area contributed by atoms with Crippen molar-refractivity contribution in [1.29, 1.82) is 0 Å². The Labute approximate surface area is 180 Å². The molecule has 10 nitrogen and oxygen atoms in total. The molecule has 1 aliphatic rings. The van der Waals surface area contributed by atoms with Crippen LogP contribution in [0.25, 0.3) is 0 Å². The summed E-state index contributed by atoms with van der Waals surface area (Å²) in [6.07, 6.45) is 4.22. The number of amides is 1. The van der Waals surface area contributed by atoms with Crippen molar-refractivity contribution in [3.63, 3.8) is 0 Å². The minimum atomic E-state index is -3.78. The molecule has 0 bridgehead atoms. The highest BCUT2D eigenvalue weighted by Crippen LogP contribution is 2.30. The first kappa shape index (κ1) is 22.6. The number of hydrogen-bond acceptors (Lipinski definition) is 7. The van der Waals surface area contributed by atoms with Crippen LogP contribution in [0.4, 0.5) is 17.2 Å². The Morgan fingerprint density at radius 3 is 2.58 bits per heavy atom. The van der Waals surface area contributed by atoms with E-state index in [2.05, 4.69) is 15.6 Å². The molecular weight excluding hydrogens is 422 g/mol. The lowest BCUT2D eigenvalue weighted by molar-refractivity contribution is -0.384. The largest absolute Gasteiger partial charge is 0.379 e. The number of piperidine rings is 1. The van der Waals surface area contributed by atoms with Gasteiger partial charge < -0.3 is 10.6 Å². The van der Waals surface area contributed by atoms with E-state index < -0.39 is 14.9 Å². The number of nitro groups is 1. The number of benzene rings is 1. The van der Waals surface area contributed by atoms with Gasteiger partial charge in [0.15, 0.2) is 0 Å². The van der Waals surface area contributed by atoms with E-state index in [9.17, 15) is 23.3 Å². The van der Waals surface area contributed by atoms with Crippen LogP contribution in [0.5, 0.6) is 0 Å². The number of anilines is 2. The maximum absolute atomic E-state index is 12.8. The number of aromatic nitrogens is 1. The Kier molecular flexibility index (Phi) is 7.18. The van der Waals surface area contributed by atoms with Crippen molar-refractivity contribution >= 4 is 33.1 Å². The summed E-state index contributed by atoms with van der Waals surface area (Å²) in [7, 11) is -3.78. The number of hydrogen-bond donors (Lipinski definition) is 2. The SMILES string of the molecule is Cc1ccc(NC(=O)CCNc2ccc(S(=O)(=O)N3CCCCC3)cc2[N+](=O)[O-])nc1. The molecule has 1 saturated heterocycles. The Hall–Kier alpha value is -3.05. The summed E-state index contributed by atoms with van der Waals surface area (Å²) < 4.78 is 27.0. The van der Waals surface area contributed by atoms with Gasteiger partial charge in [-0.1, -0.05) is 12.5 Å². The minimum absolute atomic E-state index is 0.0561. The van der Waals surface area contributed by atoms with Crippen LogP contribution in [0.3, 0.4) is 0 Å². The zero-order valence-corrected chi connectivity index (χ0v) is 18.0. The molecule has 11 heteroatoms. The highest BCUT2D eigenvalue weighted by atomic mass is 32.2. The van der Waals surface area contributed by atoms with Crippen molar-refractivity contribution < 1.29 is 18.1 Å². The molecule has 3 rings (SSSR count). The molecule has 31 heavy (non-hydrogen) atoms. The third kappa shape index (κ3) is 5.76. The molecule has 0 unspecified atom stereocenters. The predicted octanol–water partition coefficient (Wildman–Crippen LogP) is 2.91. The maximum Gasteiger partial charge on any atom is 0.293 e. The summed E-state index contributed by atoms with van der Waals surface area (Å²) in [5, 5.41) is 17.0. The molecular formula is C20H25N5O5S. The molecule has 1 fully saturated rings. The van der Waals surface area contributed by atoms with Crippen LogP contribution in [0.15, 0.2) is 41.4 Å². The molecule has 166 valence electrons. The number of pyridine rings is 1. The van der Waals surface area contributed by atoms with Gasteiger partial charge in [-0.3, -0.25) is 14.9 Å². The molecule has 0 radical (unpaired) electrons. The van der Waals surface area contributed by atoms with Gasteiger partial charge in [-0.25, -0.2) is 13.4 Å². The molecule has 1 aliphatic heterocycles. The van der Waals surface area contributed by atoms with E-state index in [0.717, 1.165) is 30.9 Å². The van der Waals surface area contributed by atoms with Crippen molar-refractivity contribution in [2.24, 2.45) is 0 Å². The molecule has 2 aromatic rings. The van der Waals surface area contributed by atoms with Crippen molar-refractivity contribution in [2.75, 3.05) is 30.3 Å². The highest BCUT2D eigenvalue weighted by Gasteiger charge is 2.28. The van der Waals surface area contributed by atoms with Crippen LogP contribution < -0.4 is 10.6 Å². The lowest BCUT2D eigenvalue weighted by Gasteiger charge is -2.25. The van der Waals surface area contributed by atoms with E-state index in [1.807, 2.05) is 13.0 Å². The van der Waals surface area contributed by atoms with Crippen LogP contribution in [0.2, 0.25) is 0 Å². The molecule has 0 aliphatic carbocycles. The summed E-state index contributed by atoms with van der Waals surface area (Å²) >= 11 is 0. The smallest absolute Gasteiger partial charge is 0.293 e. The normalized spacial score (nSPS) is 14.7. The topological polar surface area (TPSA) is 135 Å². The summed E-state index contributed by atoms with van der Waals surface area (Å²) in [5.41, 5.74) is 0.778. The van der Waals surface area contributed by atoms with E-state index in [1.54, 1.807) is 12.3 Å². The second-order valence-corrected chi connectivity index (χ2v) is 9.28. The molecule has 1 amide bonds. The third-order valence-electron chi connectivity index (χ3n) is 4.97. The fourth-order valence-electron chi connectivity index (χ4n) is 3.28. The van der Waals surface area contributed by atoms with E-state index in [-0.39, 0.29) is 35.1 Å². The van der Waals surface area contributed by atoms with E-state index in [1.165, 1.54) is 16.4 Å². The average Bonchev–Trinajstić information content (AvgIpc) is 2.76. The molecule has 0 spiro atoms. The minimum Gasteiger partial charge on any atom is -0.379 e. The molecule has 2 N–H and O–H groups in total. The standard InChI is InChI=1S/C20H25N5O5S/c1-15-5-8-19(22-14-15)23-20(26)9-10-21-17-7-6-16(13-18(17)25(27)28)31(29,30)24-11-3-2-4-12-24/h5-8,13-14,21H,2-4,9-12H2,1H3,(H,22,23,26). The van der Waals surface area contributed by atoms with Gasteiger partial charge in [-0.05, 0) is 43.5 Å². The Morgan fingerprint density at radius 2 is 1.94 bits per heavy atom. The first-order valence-corrected chi connectivity index (χ1v) is 11.5. The zero-order valence-electron chi connectivity index (χ0n) is 17.2. The van der Waals surface area contributed by atoms with Crippen LogP contribution in [0, 0.1) is 17.0 Å². The van der Waals surface area contributed by atoms with Gasteiger partial charge in [-0.2, -0.15) is 4.31 Å². The maximum atomic E-state index is 12.8. The Balaban J connectivity index is 1.65. The number of sulfonamides is 1. The first-order chi connectivity index (χ1) is 14.8. The Morgan fingerprint density at radius 1 is 1.19 bits per heavy atom. The molecule has 1 aromatic carbocycles. The summed E-state index contributed by atoms with van der Waals surface area (Å²) in [6.45, 7) is 2.86. The number of nitro benzene ring substituents is 1. The van der Waals surface area contributed by atoms with E-state index >= 15 is 0 Å². The number of rotatable bonds is 8. The lowest BCUT2D eigenvalue weighted by Crippen LogP contribution is -2.35. The molecule has 0 atom stereocenters. The quantitative estimate of drug-likeness (QED) is 0.469. The summed E-state index contributed by atoms with van der Waals surface area (Å²) in [4.78, 5) is 26.9. The van der Waals surface area contributed by atoms with Crippen LogP contribution in [-0.4, -0.2) is 48.2 Å². The fraction of sp³-hybridized carbons (Fsp3) is 0.400. The van der Waals surface area contributed by atoms with Crippen LogP contribution in [0.1, 0.15) is 31.2 Å². The van der Waals surface area contributed by atoms with Gasteiger partial charge in [0, 0.05) is 38.3 Å². The molecule has 1 aromatic heterocycles. The van der Waals surface area contributed by atoms with Crippen molar-refractivity contribution in [3.8, 4) is 0 Å². The predicted molar refractivity (Wildman–Crippen MR) is 116 cm³/mol. The van der Waals surface area contributed by atoms with E-state index in [4.69, 9.17) is 0 Å². The number of carbonyl (C=O) groups is 1. The van der Waals surface area contributed by atoms with Crippen molar-refractivity contribution in [3.05, 3.63) is 52.2 Å². The van der Waals surface area contributed by atoms with Gasteiger partial charge in [-0.15, -0.1) is 0 Å². The monoisotopic (exact) mass is 447 g/mol. The first-order valence-electron chi connectivity index (χ1n) is 10.0. The van der Waals surface area contributed by atoms with Gasteiger partial charge in [0.1, 0.15) is 11.5 Å². The number of nitrogens with zero attached hydrogens (tertiary/aromatic N) is 3.